The van der Waals surface area contributed by atoms with Crippen LogP contribution in [0.2, 0.25) is 5.02 Å². The molecule has 2 heterocycles. The molecule has 0 spiro atoms. The Morgan fingerprint density at radius 2 is 1.84 bits per heavy atom. The first-order valence-electron chi connectivity index (χ1n) is 10.00. The van der Waals surface area contributed by atoms with Gasteiger partial charge in [0.15, 0.2) is 5.82 Å². The van der Waals surface area contributed by atoms with Gasteiger partial charge in [-0.15, -0.1) is 0 Å². The third kappa shape index (κ3) is 5.70. The first-order chi connectivity index (χ1) is 14.7. The summed E-state index contributed by atoms with van der Waals surface area (Å²) in [5, 5.41) is 7.49. The van der Waals surface area contributed by atoms with Crippen LogP contribution < -0.4 is 5.32 Å². The van der Waals surface area contributed by atoms with Gasteiger partial charge < -0.3 is 10.1 Å². The lowest BCUT2D eigenvalue weighted by Crippen LogP contribution is -2.32. The first kappa shape index (κ1) is 22.5. The Morgan fingerprint density at radius 3 is 2.45 bits per heavy atom. The molecule has 31 heavy (non-hydrogen) atoms. The van der Waals surface area contributed by atoms with Crippen LogP contribution in [0.15, 0.2) is 48.5 Å². The van der Waals surface area contributed by atoms with Gasteiger partial charge in [0, 0.05) is 5.69 Å². The van der Waals surface area contributed by atoms with E-state index in [9.17, 15) is 9.59 Å². The Morgan fingerprint density at radius 1 is 1.13 bits per heavy atom. The highest BCUT2D eigenvalue weighted by Gasteiger charge is 2.23. The van der Waals surface area contributed by atoms with Crippen molar-refractivity contribution >= 4 is 23.5 Å². The van der Waals surface area contributed by atoms with Crippen molar-refractivity contribution in [2.75, 3.05) is 0 Å². The maximum atomic E-state index is 13.1. The fraction of sp³-hybridized carbons (Fsp3) is 0.304. The lowest BCUT2D eigenvalue weighted by Gasteiger charge is -2.19. The van der Waals surface area contributed by atoms with Crippen LogP contribution in [0.5, 0.6) is 0 Å². The van der Waals surface area contributed by atoms with Crippen molar-refractivity contribution in [2.45, 2.75) is 46.3 Å². The number of benzene rings is 1. The second-order valence-electron chi connectivity index (χ2n) is 7.52. The van der Waals surface area contributed by atoms with Crippen molar-refractivity contribution in [1.82, 2.24) is 20.1 Å². The molecule has 0 bridgehead atoms. The standard InChI is InChI=1S/C23H25ClN4O3/c1-14(2)31-21(29)13-19(17-8-6-5-7-9-17)25-23(30)22-18(24)10-11-20(26-22)28-16(4)12-15(3)27-28/h5-12,14,19H,13H2,1-4H3,(H,25,30). The predicted molar refractivity (Wildman–Crippen MR) is 118 cm³/mol. The number of rotatable bonds is 7. The van der Waals surface area contributed by atoms with E-state index in [0.29, 0.717) is 5.82 Å². The summed E-state index contributed by atoms with van der Waals surface area (Å²) in [5.74, 6) is -0.408. The number of aromatic nitrogens is 3. The number of hydrogen-bond acceptors (Lipinski definition) is 5. The second-order valence-corrected chi connectivity index (χ2v) is 7.93. The Labute approximate surface area is 186 Å². The number of halogens is 1. The molecule has 1 unspecified atom stereocenters. The zero-order valence-corrected chi connectivity index (χ0v) is 18.7. The van der Waals surface area contributed by atoms with Crippen LogP contribution >= 0.6 is 11.6 Å². The highest BCUT2D eigenvalue weighted by atomic mass is 35.5. The van der Waals surface area contributed by atoms with Gasteiger partial charge in [-0.25, -0.2) is 9.67 Å². The molecule has 3 rings (SSSR count). The number of ether oxygens (including phenoxy) is 1. The third-order valence-corrected chi connectivity index (χ3v) is 4.82. The minimum Gasteiger partial charge on any atom is -0.463 e. The van der Waals surface area contributed by atoms with E-state index in [2.05, 4.69) is 15.4 Å². The van der Waals surface area contributed by atoms with Crippen LogP contribution in [-0.4, -0.2) is 32.7 Å². The third-order valence-electron chi connectivity index (χ3n) is 4.52. The van der Waals surface area contributed by atoms with Gasteiger partial charge >= 0.3 is 5.97 Å². The van der Waals surface area contributed by atoms with Crippen molar-refractivity contribution in [1.29, 1.82) is 0 Å². The smallest absolute Gasteiger partial charge is 0.308 e. The number of hydrogen-bond donors (Lipinski definition) is 1. The number of esters is 1. The van der Waals surface area contributed by atoms with E-state index in [4.69, 9.17) is 16.3 Å². The molecule has 1 N–H and O–H groups in total. The summed E-state index contributed by atoms with van der Waals surface area (Å²) in [4.78, 5) is 29.8. The molecular weight excluding hydrogens is 416 g/mol. The van der Waals surface area contributed by atoms with Gasteiger partial charge in [0.1, 0.15) is 5.69 Å². The van der Waals surface area contributed by atoms with Crippen LogP contribution in [0.1, 0.15) is 53.7 Å². The lowest BCUT2D eigenvalue weighted by molar-refractivity contribution is -0.147. The zero-order valence-electron chi connectivity index (χ0n) is 17.9. The monoisotopic (exact) mass is 440 g/mol. The van der Waals surface area contributed by atoms with Gasteiger partial charge in [0.2, 0.25) is 0 Å². The van der Waals surface area contributed by atoms with E-state index in [0.717, 1.165) is 17.0 Å². The van der Waals surface area contributed by atoms with Crippen molar-refractivity contribution in [3.05, 3.63) is 76.2 Å². The Bertz CT molecular complexity index is 1080. The first-order valence-corrected chi connectivity index (χ1v) is 10.4. The molecule has 162 valence electrons. The molecule has 0 aliphatic rings. The lowest BCUT2D eigenvalue weighted by atomic mass is 10.0. The van der Waals surface area contributed by atoms with E-state index in [1.807, 2.05) is 50.2 Å². The average molecular weight is 441 g/mol. The van der Waals surface area contributed by atoms with Gasteiger partial charge in [-0.3, -0.25) is 9.59 Å². The molecule has 1 aromatic carbocycles. The quantitative estimate of drug-likeness (QED) is 0.552. The molecular formula is C23H25ClN4O3. The van der Waals surface area contributed by atoms with Crippen molar-refractivity contribution in [3.63, 3.8) is 0 Å². The molecule has 1 amide bonds. The normalized spacial score (nSPS) is 11.9. The van der Waals surface area contributed by atoms with Gasteiger partial charge in [-0.2, -0.15) is 5.10 Å². The molecule has 0 fully saturated rings. The molecule has 0 aliphatic heterocycles. The van der Waals surface area contributed by atoms with E-state index < -0.39 is 17.9 Å². The highest BCUT2D eigenvalue weighted by Crippen LogP contribution is 2.22. The van der Waals surface area contributed by atoms with E-state index in [-0.39, 0.29) is 23.2 Å². The molecule has 1 atom stereocenters. The van der Waals surface area contributed by atoms with Crippen LogP contribution in [0.3, 0.4) is 0 Å². The average Bonchev–Trinajstić information content (AvgIpc) is 3.05. The maximum Gasteiger partial charge on any atom is 0.308 e. The Balaban J connectivity index is 1.88. The van der Waals surface area contributed by atoms with Crippen LogP contribution in [0.4, 0.5) is 0 Å². The topological polar surface area (TPSA) is 86.1 Å². The zero-order chi connectivity index (χ0) is 22.5. The largest absolute Gasteiger partial charge is 0.463 e. The summed E-state index contributed by atoms with van der Waals surface area (Å²) in [5.41, 5.74) is 2.57. The summed E-state index contributed by atoms with van der Waals surface area (Å²) in [7, 11) is 0. The molecule has 2 aromatic heterocycles. The maximum absolute atomic E-state index is 13.1. The van der Waals surface area contributed by atoms with Crippen LogP contribution in [0, 0.1) is 13.8 Å². The minimum atomic E-state index is -0.588. The summed E-state index contributed by atoms with van der Waals surface area (Å²) in [6.07, 6.45) is -0.254. The van der Waals surface area contributed by atoms with Crippen molar-refractivity contribution < 1.29 is 14.3 Å². The molecule has 3 aromatic rings. The molecule has 0 radical (unpaired) electrons. The number of amides is 1. The fourth-order valence-electron chi connectivity index (χ4n) is 3.21. The van der Waals surface area contributed by atoms with E-state index in [1.54, 1.807) is 30.7 Å². The Kier molecular flexibility index (Phi) is 7.07. The number of nitrogens with zero attached hydrogens (tertiary/aromatic N) is 3. The SMILES string of the molecule is Cc1cc(C)n(-c2ccc(Cl)c(C(=O)NC(CC(=O)OC(C)C)c3ccccc3)n2)n1. The number of nitrogens with one attached hydrogen (secondary N) is 1. The molecule has 0 saturated carbocycles. The number of aryl methyl sites for hydroxylation is 2. The van der Waals surface area contributed by atoms with E-state index in [1.165, 1.54) is 0 Å². The Hall–Kier alpha value is -3.19. The van der Waals surface area contributed by atoms with Crippen LogP contribution in [-0.2, 0) is 9.53 Å². The summed E-state index contributed by atoms with van der Waals surface area (Å²) < 4.78 is 6.91. The van der Waals surface area contributed by atoms with Crippen molar-refractivity contribution in [3.8, 4) is 5.82 Å². The molecule has 7 nitrogen and oxygen atoms in total. The van der Waals surface area contributed by atoms with E-state index >= 15 is 0 Å². The number of carbonyl (C=O) groups excluding carboxylic acids is 2. The number of pyridine rings is 1. The van der Waals surface area contributed by atoms with Gasteiger partial charge in [0.05, 0.1) is 29.3 Å². The predicted octanol–water partition coefficient (Wildman–Crippen LogP) is 4.35. The number of carbonyl (C=O) groups is 2. The van der Waals surface area contributed by atoms with Gasteiger partial charge in [-0.05, 0) is 51.5 Å². The summed E-state index contributed by atoms with van der Waals surface area (Å²) >= 11 is 6.28. The fourth-order valence-corrected chi connectivity index (χ4v) is 3.40. The van der Waals surface area contributed by atoms with Crippen molar-refractivity contribution in [2.24, 2.45) is 0 Å². The second kappa shape index (κ2) is 9.75. The molecule has 0 saturated heterocycles. The van der Waals surface area contributed by atoms with Crippen LogP contribution in [0.25, 0.3) is 5.82 Å². The highest BCUT2D eigenvalue weighted by molar-refractivity contribution is 6.33. The van der Waals surface area contributed by atoms with Gasteiger partial charge in [-0.1, -0.05) is 41.9 Å². The molecule has 8 heteroatoms. The molecule has 0 aliphatic carbocycles. The minimum absolute atomic E-state index is 0.0112. The summed E-state index contributed by atoms with van der Waals surface area (Å²) in [6, 6.07) is 13.9. The summed E-state index contributed by atoms with van der Waals surface area (Å²) in [6.45, 7) is 7.35. The van der Waals surface area contributed by atoms with Gasteiger partial charge in [0.25, 0.3) is 5.91 Å².